The van der Waals surface area contributed by atoms with E-state index in [1.807, 2.05) is 12.1 Å². The van der Waals surface area contributed by atoms with Crippen LogP contribution in [-0.2, 0) is 0 Å². The second-order valence-corrected chi connectivity index (χ2v) is 5.62. The Bertz CT molecular complexity index is 528. The van der Waals surface area contributed by atoms with Crippen molar-refractivity contribution in [3.8, 4) is 5.75 Å². The summed E-state index contributed by atoms with van der Waals surface area (Å²) in [6, 6.07) is 8.15. The van der Waals surface area contributed by atoms with Crippen molar-refractivity contribution in [2.24, 2.45) is 5.73 Å². The first-order valence-electron chi connectivity index (χ1n) is 6.29. The molecule has 1 saturated carbocycles. The number of benzene rings is 1. The van der Waals surface area contributed by atoms with Gasteiger partial charge in [0.1, 0.15) is 5.75 Å². The summed E-state index contributed by atoms with van der Waals surface area (Å²) < 4.78 is 5.74. The molecule has 0 spiro atoms. The van der Waals surface area contributed by atoms with Gasteiger partial charge in [0.05, 0.1) is 12.1 Å². The molecular weight excluding hydrogens is 242 g/mol. The van der Waals surface area contributed by atoms with Crippen molar-refractivity contribution < 1.29 is 4.74 Å². The number of rotatable bonds is 4. The van der Waals surface area contributed by atoms with Crippen molar-refractivity contribution in [2.45, 2.75) is 31.9 Å². The Kier molecular flexibility index (Phi) is 3.10. The van der Waals surface area contributed by atoms with Crippen molar-refractivity contribution in [3.63, 3.8) is 0 Å². The van der Waals surface area contributed by atoms with E-state index in [1.165, 1.54) is 24.0 Å². The molecule has 1 aliphatic carbocycles. The number of hydrogen-bond donors (Lipinski definition) is 1. The van der Waals surface area contributed by atoms with Gasteiger partial charge in [-0.25, -0.2) is 0 Å². The van der Waals surface area contributed by atoms with E-state index in [1.54, 1.807) is 11.3 Å². The van der Waals surface area contributed by atoms with Crippen LogP contribution in [0.3, 0.4) is 0 Å². The van der Waals surface area contributed by atoms with Crippen LogP contribution in [0.4, 0.5) is 0 Å². The zero-order chi connectivity index (χ0) is 12.5. The van der Waals surface area contributed by atoms with E-state index < -0.39 is 0 Å². The first kappa shape index (κ1) is 11.8. The maximum Gasteiger partial charge on any atom is 0.119 e. The highest BCUT2D eigenvalue weighted by Crippen LogP contribution is 2.29. The summed E-state index contributed by atoms with van der Waals surface area (Å²) in [5.41, 5.74) is 9.92. The maximum atomic E-state index is 6.29. The minimum atomic E-state index is -0.0359. The molecule has 1 unspecified atom stereocenters. The number of nitrogens with two attached hydrogens (primary N) is 1. The summed E-state index contributed by atoms with van der Waals surface area (Å²) in [6.07, 6.45) is 2.83. The van der Waals surface area contributed by atoms with Crippen LogP contribution < -0.4 is 10.5 Å². The van der Waals surface area contributed by atoms with E-state index in [2.05, 4.69) is 29.8 Å². The van der Waals surface area contributed by atoms with Crippen LogP contribution in [0.15, 0.2) is 35.0 Å². The molecule has 1 heterocycles. The lowest BCUT2D eigenvalue weighted by molar-refractivity contribution is 0.303. The molecule has 0 bridgehead atoms. The van der Waals surface area contributed by atoms with E-state index in [0.29, 0.717) is 6.10 Å². The van der Waals surface area contributed by atoms with Crippen LogP contribution in [-0.4, -0.2) is 6.10 Å². The molecule has 2 N–H and O–H groups in total. The molecule has 1 atom stereocenters. The Labute approximate surface area is 111 Å². The van der Waals surface area contributed by atoms with Crippen LogP contribution >= 0.6 is 11.3 Å². The summed E-state index contributed by atoms with van der Waals surface area (Å²) in [4.78, 5) is 0. The van der Waals surface area contributed by atoms with Gasteiger partial charge in [-0.05, 0) is 59.3 Å². The molecule has 1 aliphatic rings. The number of ether oxygens (including phenoxy) is 1. The van der Waals surface area contributed by atoms with Gasteiger partial charge in [-0.1, -0.05) is 12.1 Å². The molecule has 0 amide bonds. The molecule has 2 nitrogen and oxygen atoms in total. The van der Waals surface area contributed by atoms with Gasteiger partial charge in [0.15, 0.2) is 0 Å². The SMILES string of the molecule is Cc1cscc1C(N)c1ccc(OC2CC2)cc1. The molecule has 3 heteroatoms. The molecule has 0 saturated heterocycles. The van der Waals surface area contributed by atoms with E-state index in [9.17, 15) is 0 Å². The van der Waals surface area contributed by atoms with Crippen LogP contribution in [0.25, 0.3) is 0 Å². The van der Waals surface area contributed by atoms with Crippen LogP contribution in [0.1, 0.15) is 35.6 Å². The fourth-order valence-electron chi connectivity index (χ4n) is 2.00. The second-order valence-electron chi connectivity index (χ2n) is 4.87. The third-order valence-electron chi connectivity index (χ3n) is 3.30. The third kappa shape index (κ3) is 2.42. The average Bonchev–Trinajstić information content (AvgIpc) is 3.09. The largest absolute Gasteiger partial charge is 0.490 e. The quantitative estimate of drug-likeness (QED) is 0.909. The Morgan fingerprint density at radius 3 is 2.50 bits per heavy atom. The van der Waals surface area contributed by atoms with Crippen molar-refractivity contribution in [1.82, 2.24) is 0 Å². The molecular formula is C15H17NOS. The van der Waals surface area contributed by atoms with Gasteiger partial charge in [0.2, 0.25) is 0 Å². The predicted molar refractivity (Wildman–Crippen MR) is 75.2 cm³/mol. The smallest absolute Gasteiger partial charge is 0.119 e. The summed E-state index contributed by atoms with van der Waals surface area (Å²) >= 11 is 1.70. The van der Waals surface area contributed by atoms with Crippen molar-refractivity contribution in [1.29, 1.82) is 0 Å². The Morgan fingerprint density at radius 1 is 1.22 bits per heavy atom. The van der Waals surface area contributed by atoms with Gasteiger partial charge in [-0.2, -0.15) is 11.3 Å². The van der Waals surface area contributed by atoms with Crippen LogP contribution in [0, 0.1) is 6.92 Å². The molecule has 1 aromatic carbocycles. The van der Waals surface area contributed by atoms with E-state index in [-0.39, 0.29) is 6.04 Å². The predicted octanol–water partition coefficient (Wildman–Crippen LogP) is 3.65. The first-order chi connectivity index (χ1) is 8.74. The highest BCUT2D eigenvalue weighted by Gasteiger charge is 2.23. The highest BCUT2D eigenvalue weighted by atomic mass is 32.1. The minimum Gasteiger partial charge on any atom is -0.490 e. The Balaban J connectivity index is 1.77. The van der Waals surface area contributed by atoms with Gasteiger partial charge in [0, 0.05) is 0 Å². The van der Waals surface area contributed by atoms with Gasteiger partial charge >= 0.3 is 0 Å². The highest BCUT2D eigenvalue weighted by molar-refractivity contribution is 7.08. The monoisotopic (exact) mass is 259 g/mol. The number of thiophene rings is 1. The van der Waals surface area contributed by atoms with Gasteiger partial charge in [-0.3, -0.25) is 0 Å². The normalized spacial score (nSPS) is 16.6. The fraction of sp³-hybridized carbons (Fsp3) is 0.333. The molecule has 1 fully saturated rings. The van der Waals surface area contributed by atoms with Crippen molar-refractivity contribution >= 4 is 11.3 Å². The lowest BCUT2D eigenvalue weighted by atomic mass is 9.99. The molecule has 18 heavy (non-hydrogen) atoms. The minimum absolute atomic E-state index is 0.0359. The molecule has 94 valence electrons. The van der Waals surface area contributed by atoms with Gasteiger partial charge in [-0.15, -0.1) is 0 Å². The Hall–Kier alpha value is -1.32. The maximum absolute atomic E-state index is 6.29. The molecule has 0 aliphatic heterocycles. The van der Waals surface area contributed by atoms with Gasteiger partial charge < -0.3 is 10.5 Å². The molecule has 3 rings (SSSR count). The zero-order valence-corrected chi connectivity index (χ0v) is 11.2. The Morgan fingerprint density at radius 2 is 1.94 bits per heavy atom. The number of aryl methyl sites for hydroxylation is 1. The molecule has 2 aromatic rings. The van der Waals surface area contributed by atoms with E-state index >= 15 is 0 Å². The first-order valence-corrected chi connectivity index (χ1v) is 7.23. The van der Waals surface area contributed by atoms with Crippen molar-refractivity contribution in [2.75, 3.05) is 0 Å². The summed E-state index contributed by atoms with van der Waals surface area (Å²) in [7, 11) is 0. The third-order valence-corrected chi connectivity index (χ3v) is 4.18. The molecule has 1 aromatic heterocycles. The van der Waals surface area contributed by atoms with E-state index in [4.69, 9.17) is 10.5 Å². The lowest BCUT2D eigenvalue weighted by Gasteiger charge is -2.13. The standard InChI is InChI=1S/C15H17NOS/c1-10-8-18-9-14(10)15(16)11-2-4-12(5-3-11)17-13-6-7-13/h2-5,8-9,13,15H,6-7,16H2,1H3. The summed E-state index contributed by atoms with van der Waals surface area (Å²) in [6.45, 7) is 2.11. The van der Waals surface area contributed by atoms with Crippen LogP contribution in [0.2, 0.25) is 0 Å². The lowest BCUT2D eigenvalue weighted by Crippen LogP contribution is -2.11. The molecule has 0 radical (unpaired) electrons. The summed E-state index contributed by atoms with van der Waals surface area (Å²) in [5, 5.41) is 4.27. The topological polar surface area (TPSA) is 35.2 Å². The fourth-order valence-corrected chi connectivity index (χ4v) is 2.89. The van der Waals surface area contributed by atoms with Crippen molar-refractivity contribution in [3.05, 3.63) is 51.7 Å². The van der Waals surface area contributed by atoms with Gasteiger partial charge in [0.25, 0.3) is 0 Å². The zero-order valence-electron chi connectivity index (χ0n) is 10.4. The van der Waals surface area contributed by atoms with E-state index in [0.717, 1.165) is 11.3 Å². The average molecular weight is 259 g/mol. The second kappa shape index (κ2) is 4.75. The number of hydrogen-bond acceptors (Lipinski definition) is 3. The van der Waals surface area contributed by atoms with Crippen LogP contribution in [0.5, 0.6) is 5.75 Å². The summed E-state index contributed by atoms with van der Waals surface area (Å²) in [5.74, 6) is 0.954.